The van der Waals surface area contributed by atoms with Crippen LogP contribution in [0, 0.1) is 0 Å². The summed E-state index contributed by atoms with van der Waals surface area (Å²) in [5.41, 5.74) is 0. The summed E-state index contributed by atoms with van der Waals surface area (Å²) in [6.07, 6.45) is 0. The van der Waals surface area contributed by atoms with Crippen molar-refractivity contribution in [2.75, 3.05) is 0 Å². The van der Waals surface area contributed by atoms with Crippen LogP contribution in [0.5, 0.6) is 5.75 Å². The van der Waals surface area contributed by atoms with Crippen LogP contribution in [-0.2, 0) is 46.8 Å². The predicted molar refractivity (Wildman–Crippen MR) is 38.6 cm³/mol. The largest absolute Gasteiger partial charge is 2.00 e. The molecule has 1 aromatic rings. The van der Waals surface area contributed by atoms with Crippen LogP contribution in [0.3, 0.4) is 0 Å². The van der Waals surface area contributed by atoms with Crippen LogP contribution >= 0.6 is 8.60 Å². The Bertz CT molecular complexity index is 190. The van der Waals surface area contributed by atoms with Crippen molar-refractivity contribution >= 4 is 57.5 Å². The van der Waals surface area contributed by atoms with E-state index in [-0.39, 0.29) is 101 Å². The zero-order valence-electron chi connectivity index (χ0n) is 7.59. The Morgan fingerprint density at radius 3 is 1.36 bits per heavy atom. The fourth-order valence-electron chi connectivity index (χ4n) is 0.420. The maximum absolute atomic E-state index is 10.3. The summed E-state index contributed by atoms with van der Waals surface area (Å²) < 4.78 is 0. The van der Waals surface area contributed by atoms with Crippen molar-refractivity contribution in [1.82, 2.24) is 0 Å². The van der Waals surface area contributed by atoms with Gasteiger partial charge >= 0.3 is 95.7 Å². The average molecular weight is 487 g/mol. The molecular formula is C6H5BaCdO4PZn+2. The third-order valence-electron chi connectivity index (χ3n) is 0.743. The van der Waals surface area contributed by atoms with Crippen LogP contribution in [0.1, 0.15) is 0 Å². The zero-order chi connectivity index (χ0) is 8.69. The van der Waals surface area contributed by atoms with Crippen LogP contribution in [0.2, 0.25) is 0 Å². The molecule has 1 rings (SSSR count). The number of hydrogen-bond donors (Lipinski definition) is 0. The molecule has 0 spiro atoms. The Kier molecular flexibility index (Phi) is 32.3. The fourth-order valence-corrected chi connectivity index (χ4v) is 0.420. The quantitative estimate of drug-likeness (QED) is 0.303. The molecule has 0 aliphatic carbocycles. The van der Waals surface area contributed by atoms with Gasteiger partial charge in [-0.05, 0) is 0 Å². The molecular weight excluding hydrogens is 482 g/mol. The minimum atomic E-state index is -3.37. The molecule has 0 heterocycles. The van der Waals surface area contributed by atoms with E-state index in [4.69, 9.17) is 14.7 Å². The molecule has 0 N–H and O–H groups in total. The zero-order valence-corrected chi connectivity index (χ0v) is 19.9. The van der Waals surface area contributed by atoms with Gasteiger partial charge in [-0.15, -0.1) is 5.75 Å². The smallest absolute Gasteiger partial charge is 0.872 e. The Labute approximate surface area is 157 Å². The van der Waals surface area contributed by atoms with Gasteiger partial charge in [0, 0.05) is 0 Å². The normalized spacial score (nSPS) is 6.86. The van der Waals surface area contributed by atoms with Crippen molar-refractivity contribution in [2.45, 2.75) is 0 Å². The van der Waals surface area contributed by atoms with Crippen molar-refractivity contribution in [3.05, 3.63) is 30.3 Å². The van der Waals surface area contributed by atoms with Crippen LogP contribution < -0.4 is 19.8 Å². The van der Waals surface area contributed by atoms with Gasteiger partial charge in [0.1, 0.15) is 0 Å². The van der Waals surface area contributed by atoms with E-state index in [1.807, 2.05) is 6.07 Å². The van der Waals surface area contributed by atoms with E-state index < -0.39 is 8.60 Å². The molecule has 8 heteroatoms. The van der Waals surface area contributed by atoms with E-state index in [1.54, 1.807) is 12.1 Å². The van der Waals surface area contributed by atoms with E-state index in [9.17, 15) is 5.11 Å². The average Bonchev–Trinajstić information content (AvgIpc) is 1.87. The molecule has 1 aromatic carbocycles. The van der Waals surface area contributed by atoms with Gasteiger partial charge in [0.15, 0.2) is 0 Å². The van der Waals surface area contributed by atoms with Gasteiger partial charge in [-0.25, -0.2) is 0 Å². The van der Waals surface area contributed by atoms with Crippen molar-refractivity contribution < 1.29 is 66.6 Å². The Hall–Kier alpha value is 2.45. The second-order valence-corrected chi connectivity index (χ2v) is 1.98. The molecule has 0 saturated heterocycles. The molecule has 14 heavy (non-hydrogen) atoms. The molecule has 0 fully saturated rings. The number of rotatable bonds is 0. The SMILES string of the molecule is [Ba+2].[Cd+2].[O-]P([O-])[O-].[O-]c1ccccc1.[Zn+2]. The summed E-state index contributed by atoms with van der Waals surface area (Å²) in [6.45, 7) is 0. The molecule has 4 nitrogen and oxygen atoms in total. The van der Waals surface area contributed by atoms with E-state index in [1.165, 1.54) is 12.1 Å². The summed E-state index contributed by atoms with van der Waals surface area (Å²) in [6, 6.07) is 8.33. The van der Waals surface area contributed by atoms with Gasteiger partial charge in [0.05, 0.1) is 0 Å². The maximum Gasteiger partial charge on any atom is 2.00 e. The molecule has 0 atom stereocenters. The number of para-hydroxylation sites is 1. The standard InChI is InChI=1S/C6H6O.Ba.Cd.O3P.Zn/c7-6-4-2-1-3-5-6;;;1-4(2)3;/h1-5,7H;;;;/q;2*+2;-3;+2/p-1. The summed E-state index contributed by atoms with van der Waals surface area (Å²) in [5.74, 6) is 0.0718. The van der Waals surface area contributed by atoms with Crippen molar-refractivity contribution in [3.8, 4) is 5.75 Å². The van der Waals surface area contributed by atoms with Gasteiger partial charge in [0.25, 0.3) is 0 Å². The first kappa shape index (κ1) is 25.3. The summed E-state index contributed by atoms with van der Waals surface area (Å²) >= 11 is 0. The van der Waals surface area contributed by atoms with Crippen LogP contribution in [0.4, 0.5) is 0 Å². The van der Waals surface area contributed by atoms with E-state index >= 15 is 0 Å². The van der Waals surface area contributed by atoms with Crippen LogP contribution in [0.15, 0.2) is 30.3 Å². The Balaban J connectivity index is -0.0000000650. The van der Waals surface area contributed by atoms with Crippen LogP contribution in [-0.4, -0.2) is 48.9 Å². The van der Waals surface area contributed by atoms with E-state index in [0.29, 0.717) is 0 Å². The molecule has 62 valence electrons. The third kappa shape index (κ3) is 23.9. The van der Waals surface area contributed by atoms with E-state index in [2.05, 4.69) is 0 Å². The van der Waals surface area contributed by atoms with Gasteiger partial charge < -0.3 is 28.4 Å². The minimum absolute atomic E-state index is 0. The molecule has 0 amide bonds. The van der Waals surface area contributed by atoms with Crippen LogP contribution in [0.25, 0.3) is 0 Å². The van der Waals surface area contributed by atoms with Crippen molar-refractivity contribution in [1.29, 1.82) is 0 Å². The number of benzene rings is 1. The monoisotopic (exact) mass is 488 g/mol. The van der Waals surface area contributed by atoms with Gasteiger partial charge in [-0.2, -0.15) is 0 Å². The molecule has 0 aliphatic heterocycles. The molecule has 0 saturated carbocycles. The molecule has 0 aliphatic rings. The number of hydrogen-bond acceptors (Lipinski definition) is 4. The molecule has 0 unspecified atom stereocenters. The second-order valence-electron chi connectivity index (χ2n) is 1.54. The molecule has 0 bridgehead atoms. The van der Waals surface area contributed by atoms with E-state index in [0.717, 1.165) is 0 Å². The summed E-state index contributed by atoms with van der Waals surface area (Å²) in [4.78, 5) is 25.4. The first-order valence-electron chi connectivity index (χ1n) is 2.66. The summed E-state index contributed by atoms with van der Waals surface area (Å²) in [7, 11) is -3.37. The second kappa shape index (κ2) is 17.8. The van der Waals surface area contributed by atoms with Gasteiger partial charge in [-0.3, -0.25) is 0 Å². The predicted octanol–water partition coefficient (Wildman–Crippen LogP) is -2.33. The first-order valence-corrected chi connectivity index (χ1v) is 3.76. The summed E-state index contributed by atoms with van der Waals surface area (Å²) in [5, 5.41) is 10.3. The first-order chi connectivity index (χ1) is 5.13. The molecule has 0 radical (unpaired) electrons. The Morgan fingerprint density at radius 1 is 0.929 bits per heavy atom. The Morgan fingerprint density at radius 2 is 1.21 bits per heavy atom. The minimum Gasteiger partial charge on any atom is -0.872 e. The third-order valence-corrected chi connectivity index (χ3v) is 0.743. The topological polar surface area (TPSA) is 92.2 Å². The molecule has 0 aromatic heterocycles. The van der Waals surface area contributed by atoms with Crippen molar-refractivity contribution in [2.24, 2.45) is 0 Å². The van der Waals surface area contributed by atoms with Gasteiger partial charge in [-0.1, -0.05) is 30.3 Å². The van der Waals surface area contributed by atoms with Crippen molar-refractivity contribution in [3.63, 3.8) is 0 Å². The fraction of sp³-hybridized carbons (Fsp3) is 0. The maximum atomic E-state index is 10.3. The van der Waals surface area contributed by atoms with Gasteiger partial charge in [0.2, 0.25) is 0 Å².